The van der Waals surface area contributed by atoms with Crippen LogP contribution in [0, 0.1) is 0 Å². The molecule has 1 N–H and O–H groups in total. The molecular weight excluding hydrogens is 273 g/mol. The Labute approximate surface area is 116 Å². The summed E-state index contributed by atoms with van der Waals surface area (Å²) in [5.41, 5.74) is 0.925. The maximum Gasteiger partial charge on any atom is 0.320 e. The quantitative estimate of drug-likeness (QED) is 0.926. The van der Waals surface area contributed by atoms with Crippen molar-refractivity contribution in [3.05, 3.63) is 33.8 Å². The van der Waals surface area contributed by atoms with Gasteiger partial charge in [0.2, 0.25) is 0 Å². The van der Waals surface area contributed by atoms with Gasteiger partial charge in [0.15, 0.2) is 0 Å². The molecule has 5 heteroatoms. The van der Waals surface area contributed by atoms with E-state index in [-0.39, 0.29) is 0 Å². The van der Waals surface area contributed by atoms with E-state index >= 15 is 0 Å². The first-order valence-corrected chi connectivity index (χ1v) is 6.74. The summed E-state index contributed by atoms with van der Waals surface area (Å²) in [6, 6.07) is 4.93. The number of aliphatic carboxylic acids is 1. The third kappa shape index (κ3) is 3.16. The van der Waals surface area contributed by atoms with Crippen molar-refractivity contribution in [1.29, 1.82) is 0 Å². The number of likely N-dealkylation sites (tertiary alicyclic amines) is 1. The van der Waals surface area contributed by atoms with Gasteiger partial charge in [0.25, 0.3) is 0 Å². The van der Waals surface area contributed by atoms with Crippen molar-refractivity contribution in [2.24, 2.45) is 0 Å². The molecule has 18 heavy (non-hydrogen) atoms. The van der Waals surface area contributed by atoms with Gasteiger partial charge in [0.1, 0.15) is 6.04 Å². The Hall–Kier alpha value is -0.770. The van der Waals surface area contributed by atoms with E-state index in [4.69, 9.17) is 23.2 Å². The molecule has 98 valence electrons. The Balaban J connectivity index is 2.13. The van der Waals surface area contributed by atoms with Crippen molar-refractivity contribution < 1.29 is 9.90 Å². The number of benzene rings is 1. The van der Waals surface area contributed by atoms with Crippen LogP contribution in [0.1, 0.15) is 24.8 Å². The van der Waals surface area contributed by atoms with Crippen LogP contribution in [0.15, 0.2) is 18.2 Å². The molecule has 1 fully saturated rings. The Morgan fingerprint density at radius 1 is 1.39 bits per heavy atom. The molecule has 0 saturated carbocycles. The Morgan fingerprint density at radius 2 is 2.17 bits per heavy atom. The van der Waals surface area contributed by atoms with Crippen LogP contribution in [0.5, 0.6) is 0 Å². The molecule has 1 heterocycles. The van der Waals surface area contributed by atoms with Crippen LogP contribution in [0.2, 0.25) is 10.0 Å². The summed E-state index contributed by atoms with van der Waals surface area (Å²) < 4.78 is 0. The van der Waals surface area contributed by atoms with E-state index in [9.17, 15) is 9.90 Å². The predicted octanol–water partition coefficient (Wildman–Crippen LogP) is 3.43. The van der Waals surface area contributed by atoms with E-state index in [1.54, 1.807) is 12.1 Å². The fraction of sp³-hybridized carbons (Fsp3) is 0.462. The molecule has 1 aromatic rings. The SMILES string of the molecule is O=C(O)C1CCCCN1Cc1ccc(Cl)cc1Cl. The summed E-state index contributed by atoms with van der Waals surface area (Å²) in [6.07, 6.45) is 2.72. The third-order valence-corrected chi connectivity index (χ3v) is 3.87. The molecule has 3 nitrogen and oxygen atoms in total. The zero-order chi connectivity index (χ0) is 13.1. The molecule has 0 radical (unpaired) electrons. The first-order valence-electron chi connectivity index (χ1n) is 5.98. The third-order valence-electron chi connectivity index (χ3n) is 3.29. The fourth-order valence-electron chi connectivity index (χ4n) is 2.33. The van der Waals surface area contributed by atoms with Crippen molar-refractivity contribution >= 4 is 29.2 Å². The van der Waals surface area contributed by atoms with Gasteiger partial charge >= 0.3 is 5.97 Å². The highest BCUT2D eigenvalue weighted by Gasteiger charge is 2.28. The molecule has 0 amide bonds. The lowest BCUT2D eigenvalue weighted by atomic mass is 10.0. The highest BCUT2D eigenvalue weighted by Crippen LogP contribution is 2.25. The van der Waals surface area contributed by atoms with Gasteiger partial charge in [-0.2, -0.15) is 0 Å². The average molecular weight is 288 g/mol. The maximum atomic E-state index is 11.2. The largest absolute Gasteiger partial charge is 0.480 e. The molecule has 1 aliphatic heterocycles. The standard InChI is InChI=1S/C13H15Cl2NO2/c14-10-5-4-9(11(15)7-10)8-16-6-2-1-3-12(16)13(17)18/h4-5,7,12H,1-3,6,8H2,(H,17,18). The molecule has 1 aliphatic rings. The van der Waals surface area contributed by atoms with Gasteiger partial charge in [-0.3, -0.25) is 9.69 Å². The first-order chi connectivity index (χ1) is 8.58. The zero-order valence-corrected chi connectivity index (χ0v) is 11.4. The van der Waals surface area contributed by atoms with Crippen molar-refractivity contribution in [1.82, 2.24) is 4.90 Å². The van der Waals surface area contributed by atoms with E-state index in [2.05, 4.69) is 0 Å². The molecule has 0 aromatic heterocycles. The first kappa shape index (κ1) is 13.7. The zero-order valence-electron chi connectivity index (χ0n) is 9.90. The van der Waals surface area contributed by atoms with Crippen molar-refractivity contribution in [3.63, 3.8) is 0 Å². The number of carboxylic acids is 1. The second-order valence-electron chi connectivity index (χ2n) is 4.56. The van der Waals surface area contributed by atoms with Crippen molar-refractivity contribution in [3.8, 4) is 0 Å². The summed E-state index contributed by atoms with van der Waals surface area (Å²) in [4.78, 5) is 13.2. The maximum absolute atomic E-state index is 11.2. The van der Waals surface area contributed by atoms with E-state index in [1.165, 1.54) is 0 Å². The van der Waals surface area contributed by atoms with Crippen LogP contribution in [0.25, 0.3) is 0 Å². The number of piperidine rings is 1. The lowest BCUT2D eigenvalue weighted by Crippen LogP contribution is -2.44. The van der Waals surface area contributed by atoms with Crippen LogP contribution in [0.4, 0.5) is 0 Å². The van der Waals surface area contributed by atoms with Gasteiger partial charge in [0.05, 0.1) is 0 Å². The van der Waals surface area contributed by atoms with E-state index in [0.717, 1.165) is 24.9 Å². The summed E-state index contributed by atoms with van der Waals surface area (Å²) in [5, 5.41) is 10.4. The number of halogens is 2. The van der Waals surface area contributed by atoms with E-state index in [1.807, 2.05) is 11.0 Å². The molecule has 0 spiro atoms. The van der Waals surface area contributed by atoms with Crippen LogP contribution in [0.3, 0.4) is 0 Å². The van der Waals surface area contributed by atoms with Crippen LogP contribution < -0.4 is 0 Å². The van der Waals surface area contributed by atoms with E-state index < -0.39 is 12.0 Å². The number of carbonyl (C=O) groups is 1. The second-order valence-corrected chi connectivity index (χ2v) is 5.40. The Kier molecular flexibility index (Phi) is 4.49. The molecule has 1 atom stereocenters. The molecule has 1 aromatic carbocycles. The van der Waals surface area contributed by atoms with Crippen molar-refractivity contribution in [2.45, 2.75) is 31.8 Å². The van der Waals surface area contributed by atoms with Gasteiger partial charge in [-0.1, -0.05) is 35.7 Å². The second kappa shape index (κ2) is 5.91. The summed E-state index contributed by atoms with van der Waals surface area (Å²) in [6.45, 7) is 1.36. The summed E-state index contributed by atoms with van der Waals surface area (Å²) in [5.74, 6) is -0.750. The van der Waals surface area contributed by atoms with Crippen LogP contribution in [-0.2, 0) is 11.3 Å². The van der Waals surface area contributed by atoms with Gasteiger partial charge in [0, 0.05) is 16.6 Å². The smallest absolute Gasteiger partial charge is 0.320 e. The minimum Gasteiger partial charge on any atom is -0.480 e. The number of rotatable bonds is 3. The molecule has 0 bridgehead atoms. The van der Waals surface area contributed by atoms with Gasteiger partial charge in [-0.15, -0.1) is 0 Å². The van der Waals surface area contributed by atoms with Crippen LogP contribution in [-0.4, -0.2) is 28.6 Å². The topological polar surface area (TPSA) is 40.5 Å². The summed E-state index contributed by atoms with van der Waals surface area (Å²) in [7, 11) is 0. The van der Waals surface area contributed by atoms with Gasteiger partial charge in [-0.25, -0.2) is 0 Å². The predicted molar refractivity (Wildman–Crippen MR) is 72.1 cm³/mol. The number of hydrogen-bond acceptors (Lipinski definition) is 2. The molecule has 0 aliphatic carbocycles. The fourth-order valence-corrected chi connectivity index (χ4v) is 2.80. The highest BCUT2D eigenvalue weighted by atomic mass is 35.5. The Morgan fingerprint density at radius 3 is 2.83 bits per heavy atom. The monoisotopic (exact) mass is 287 g/mol. The van der Waals surface area contributed by atoms with E-state index in [0.29, 0.717) is 23.0 Å². The van der Waals surface area contributed by atoms with Gasteiger partial charge in [-0.05, 0) is 37.1 Å². The van der Waals surface area contributed by atoms with Gasteiger partial charge < -0.3 is 5.11 Å². The average Bonchev–Trinajstić information content (AvgIpc) is 2.33. The molecule has 1 saturated heterocycles. The molecular formula is C13H15Cl2NO2. The number of carboxylic acid groups (broad SMARTS) is 1. The molecule has 1 unspecified atom stereocenters. The summed E-state index contributed by atoms with van der Waals surface area (Å²) >= 11 is 12.0. The highest BCUT2D eigenvalue weighted by molar-refractivity contribution is 6.35. The Bertz CT molecular complexity index is 451. The lowest BCUT2D eigenvalue weighted by Gasteiger charge is -2.33. The minimum atomic E-state index is -0.750. The normalized spacial score (nSPS) is 20.9. The molecule has 2 rings (SSSR count). The lowest BCUT2D eigenvalue weighted by molar-refractivity contribution is -0.144. The van der Waals surface area contributed by atoms with Crippen molar-refractivity contribution in [2.75, 3.05) is 6.54 Å². The minimum absolute atomic E-state index is 0.398. The van der Waals surface area contributed by atoms with Crippen LogP contribution >= 0.6 is 23.2 Å². The number of hydrogen-bond donors (Lipinski definition) is 1. The number of nitrogens with zero attached hydrogens (tertiary/aromatic N) is 1.